The molecular weight excluding hydrogens is 285 g/mol. The topological polar surface area (TPSA) is 42.1 Å². The average molecular weight is 305 g/mol. The van der Waals surface area contributed by atoms with Gasteiger partial charge in [-0.15, -0.1) is 11.3 Å². The summed E-state index contributed by atoms with van der Waals surface area (Å²) in [6.45, 7) is 1.97. The van der Waals surface area contributed by atoms with Crippen LogP contribution in [0.5, 0.6) is 0 Å². The van der Waals surface area contributed by atoms with Gasteiger partial charge in [0, 0.05) is 30.1 Å². The lowest BCUT2D eigenvalue weighted by molar-refractivity contribution is 0.246. The highest BCUT2D eigenvalue weighted by Crippen LogP contribution is 2.30. The van der Waals surface area contributed by atoms with Gasteiger partial charge in [-0.2, -0.15) is 0 Å². The van der Waals surface area contributed by atoms with Crippen molar-refractivity contribution in [3.8, 4) is 0 Å². The van der Waals surface area contributed by atoms with Crippen LogP contribution in [0.15, 0.2) is 35.8 Å². The van der Waals surface area contributed by atoms with E-state index in [0.29, 0.717) is 6.04 Å². The first-order chi connectivity index (χ1) is 10.2. The van der Waals surface area contributed by atoms with Crippen LogP contribution < -0.4 is 5.73 Å². The zero-order chi connectivity index (χ0) is 14.7. The maximum absolute atomic E-state index is 12.9. The molecule has 1 aliphatic rings. The number of hydrogen-bond donors (Lipinski definition) is 1. The molecule has 3 nitrogen and oxygen atoms in total. The minimum absolute atomic E-state index is 0.129. The van der Waals surface area contributed by atoms with Crippen LogP contribution in [0.2, 0.25) is 0 Å². The summed E-state index contributed by atoms with van der Waals surface area (Å²) in [7, 11) is 0. The summed E-state index contributed by atoms with van der Waals surface area (Å²) in [5.74, 6) is -0.316. The van der Waals surface area contributed by atoms with Gasteiger partial charge in [0.15, 0.2) is 0 Å². The first-order valence-electron chi connectivity index (χ1n) is 7.36. The van der Waals surface area contributed by atoms with Crippen LogP contribution in [0.3, 0.4) is 0 Å². The van der Waals surface area contributed by atoms with E-state index in [2.05, 4.69) is 27.4 Å². The molecule has 0 bridgehead atoms. The number of thiophene rings is 1. The molecule has 0 spiro atoms. The Morgan fingerprint density at radius 1 is 1.38 bits per heavy atom. The van der Waals surface area contributed by atoms with Crippen LogP contribution in [0.1, 0.15) is 35.9 Å². The monoisotopic (exact) mass is 305 g/mol. The van der Waals surface area contributed by atoms with Crippen molar-refractivity contribution in [1.29, 1.82) is 0 Å². The SMILES string of the molecule is NC(CCN(Cc1cccs1)C1CC1)c1ccc(F)cn1. The predicted octanol–water partition coefficient (Wildman–Crippen LogP) is 3.34. The van der Waals surface area contributed by atoms with Gasteiger partial charge >= 0.3 is 0 Å². The maximum Gasteiger partial charge on any atom is 0.141 e. The Bertz CT molecular complexity index is 551. The van der Waals surface area contributed by atoms with Crippen molar-refractivity contribution in [2.24, 2.45) is 5.73 Å². The predicted molar refractivity (Wildman–Crippen MR) is 83.5 cm³/mol. The highest BCUT2D eigenvalue weighted by molar-refractivity contribution is 7.09. The number of halogens is 1. The first-order valence-corrected chi connectivity index (χ1v) is 8.24. The van der Waals surface area contributed by atoms with Crippen LogP contribution in [-0.2, 0) is 6.54 Å². The fourth-order valence-electron chi connectivity index (χ4n) is 2.49. The molecule has 0 aromatic carbocycles. The second-order valence-corrected chi connectivity index (χ2v) is 6.61. The van der Waals surface area contributed by atoms with E-state index in [9.17, 15) is 4.39 Å². The highest BCUT2D eigenvalue weighted by atomic mass is 32.1. The number of pyridine rings is 1. The second-order valence-electron chi connectivity index (χ2n) is 5.58. The molecule has 0 saturated heterocycles. The van der Waals surface area contributed by atoms with E-state index in [1.54, 1.807) is 17.4 Å². The van der Waals surface area contributed by atoms with E-state index in [1.807, 2.05) is 0 Å². The van der Waals surface area contributed by atoms with Crippen LogP contribution in [0.4, 0.5) is 4.39 Å². The summed E-state index contributed by atoms with van der Waals surface area (Å²) < 4.78 is 12.9. The van der Waals surface area contributed by atoms with E-state index < -0.39 is 0 Å². The Kier molecular flexibility index (Phi) is 4.63. The largest absolute Gasteiger partial charge is 0.323 e. The third kappa shape index (κ3) is 4.09. The van der Waals surface area contributed by atoms with Crippen molar-refractivity contribution < 1.29 is 4.39 Å². The summed E-state index contributed by atoms with van der Waals surface area (Å²) in [6, 6.07) is 7.96. The van der Waals surface area contributed by atoms with Crippen LogP contribution in [-0.4, -0.2) is 22.5 Å². The number of nitrogens with two attached hydrogens (primary N) is 1. The molecule has 5 heteroatoms. The molecule has 2 aromatic heterocycles. The van der Waals surface area contributed by atoms with Crippen molar-refractivity contribution in [2.45, 2.75) is 37.9 Å². The lowest BCUT2D eigenvalue weighted by Gasteiger charge is -2.23. The normalized spacial score (nSPS) is 16.3. The molecule has 3 rings (SSSR count). The quantitative estimate of drug-likeness (QED) is 0.853. The average Bonchev–Trinajstić information content (AvgIpc) is 3.21. The Labute approximate surface area is 128 Å². The van der Waals surface area contributed by atoms with Gasteiger partial charge in [-0.3, -0.25) is 9.88 Å². The summed E-state index contributed by atoms with van der Waals surface area (Å²) in [6.07, 6.45) is 4.66. The molecule has 21 heavy (non-hydrogen) atoms. The van der Waals surface area contributed by atoms with Gasteiger partial charge < -0.3 is 5.73 Å². The molecule has 112 valence electrons. The number of aromatic nitrogens is 1. The molecule has 1 atom stereocenters. The third-order valence-corrected chi connectivity index (χ3v) is 4.72. The Hall–Kier alpha value is -1.30. The minimum Gasteiger partial charge on any atom is -0.323 e. The molecule has 1 aliphatic carbocycles. The highest BCUT2D eigenvalue weighted by Gasteiger charge is 2.29. The fourth-order valence-corrected chi connectivity index (χ4v) is 3.22. The molecule has 2 N–H and O–H groups in total. The molecule has 0 radical (unpaired) electrons. The van der Waals surface area contributed by atoms with E-state index in [4.69, 9.17) is 5.73 Å². The summed E-state index contributed by atoms with van der Waals surface area (Å²) in [4.78, 5) is 7.98. The van der Waals surface area contributed by atoms with E-state index in [1.165, 1.54) is 30.0 Å². The van der Waals surface area contributed by atoms with Crippen molar-refractivity contribution in [1.82, 2.24) is 9.88 Å². The van der Waals surface area contributed by atoms with Gasteiger partial charge in [0.05, 0.1) is 11.9 Å². The lowest BCUT2D eigenvalue weighted by Crippen LogP contribution is -2.29. The van der Waals surface area contributed by atoms with Gasteiger partial charge in [0.1, 0.15) is 5.82 Å². The van der Waals surface area contributed by atoms with Gasteiger partial charge in [-0.05, 0) is 42.8 Å². The van der Waals surface area contributed by atoms with Crippen LogP contribution >= 0.6 is 11.3 Å². The van der Waals surface area contributed by atoms with E-state index in [0.717, 1.165) is 25.2 Å². The lowest BCUT2D eigenvalue weighted by atomic mass is 10.1. The summed E-state index contributed by atoms with van der Waals surface area (Å²) in [5.41, 5.74) is 6.95. The summed E-state index contributed by atoms with van der Waals surface area (Å²) in [5, 5.41) is 2.12. The summed E-state index contributed by atoms with van der Waals surface area (Å²) >= 11 is 1.80. The Morgan fingerprint density at radius 2 is 2.24 bits per heavy atom. The number of nitrogens with zero attached hydrogens (tertiary/aromatic N) is 2. The van der Waals surface area contributed by atoms with Gasteiger partial charge in [-0.1, -0.05) is 6.07 Å². The number of hydrogen-bond acceptors (Lipinski definition) is 4. The van der Waals surface area contributed by atoms with Crippen LogP contribution in [0, 0.1) is 5.82 Å². The molecular formula is C16H20FN3S. The number of rotatable bonds is 7. The van der Waals surface area contributed by atoms with Crippen molar-refractivity contribution in [3.05, 3.63) is 52.2 Å². The van der Waals surface area contributed by atoms with Crippen molar-refractivity contribution in [2.75, 3.05) is 6.54 Å². The molecule has 1 saturated carbocycles. The zero-order valence-corrected chi connectivity index (χ0v) is 12.7. The van der Waals surface area contributed by atoms with E-state index >= 15 is 0 Å². The Balaban J connectivity index is 1.55. The molecule has 1 fully saturated rings. The first kappa shape index (κ1) is 14.6. The van der Waals surface area contributed by atoms with Gasteiger partial charge in [0.25, 0.3) is 0 Å². The minimum atomic E-state index is -0.316. The fraction of sp³-hybridized carbons (Fsp3) is 0.438. The molecule has 0 aliphatic heterocycles. The van der Waals surface area contributed by atoms with Gasteiger partial charge in [0.2, 0.25) is 0 Å². The molecule has 2 aromatic rings. The maximum atomic E-state index is 12.9. The smallest absolute Gasteiger partial charge is 0.141 e. The molecule has 0 amide bonds. The van der Waals surface area contributed by atoms with Crippen molar-refractivity contribution >= 4 is 11.3 Å². The third-order valence-electron chi connectivity index (χ3n) is 3.86. The standard InChI is InChI=1S/C16H20FN3S/c17-12-3-6-16(19-10-12)15(18)7-8-20(13-4-5-13)11-14-2-1-9-21-14/h1-3,6,9-10,13,15H,4-5,7-8,11,18H2. The molecule has 1 unspecified atom stereocenters. The Morgan fingerprint density at radius 3 is 2.86 bits per heavy atom. The van der Waals surface area contributed by atoms with Crippen LogP contribution in [0.25, 0.3) is 0 Å². The molecule has 2 heterocycles. The van der Waals surface area contributed by atoms with Gasteiger partial charge in [-0.25, -0.2) is 4.39 Å². The second kappa shape index (κ2) is 6.64. The zero-order valence-electron chi connectivity index (χ0n) is 11.9. The van der Waals surface area contributed by atoms with E-state index in [-0.39, 0.29) is 11.9 Å². The van der Waals surface area contributed by atoms with Crippen molar-refractivity contribution in [3.63, 3.8) is 0 Å².